The highest BCUT2D eigenvalue weighted by Gasteiger charge is 2.36. The summed E-state index contributed by atoms with van der Waals surface area (Å²) in [5.74, 6) is 0.266. The van der Waals surface area contributed by atoms with E-state index in [1.165, 1.54) is 0 Å². The Morgan fingerprint density at radius 3 is 2.78 bits per heavy atom. The summed E-state index contributed by atoms with van der Waals surface area (Å²) >= 11 is 6.39. The van der Waals surface area contributed by atoms with Gasteiger partial charge in [-0.15, -0.1) is 0 Å². The first-order chi connectivity index (χ1) is 8.60. The van der Waals surface area contributed by atoms with Gasteiger partial charge in [-0.25, -0.2) is 0 Å². The van der Waals surface area contributed by atoms with Crippen LogP contribution >= 0.6 is 11.6 Å². The SMILES string of the molecule is Cc1ccc(C2(CC#N)C=CC=CC2C)c(Cl)c1. The van der Waals surface area contributed by atoms with Gasteiger partial charge in [0, 0.05) is 16.9 Å². The molecule has 0 radical (unpaired) electrons. The van der Waals surface area contributed by atoms with E-state index in [4.69, 9.17) is 16.9 Å². The number of hydrogen-bond acceptors (Lipinski definition) is 1. The molecule has 2 atom stereocenters. The fourth-order valence-corrected chi connectivity index (χ4v) is 2.97. The summed E-state index contributed by atoms with van der Waals surface area (Å²) in [6.45, 7) is 4.15. The Morgan fingerprint density at radius 1 is 1.39 bits per heavy atom. The van der Waals surface area contributed by atoms with Gasteiger partial charge in [0.05, 0.1) is 6.07 Å². The maximum Gasteiger partial charge on any atom is 0.0634 e. The Balaban J connectivity index is 2.58. The van der Waals surface area contributed by atoms with E-state index in [2.05, 4.69) is 37.3 Å². The summed E-state index contributed by atoms with van der Waals surface area (Å²) in [6, 6.07) is 8.38. The van der Waals surface area contributed by atoms with Crippen LogP contribution < -0.4 is 0 Å². The Kier molecular flexibility index (Phi) is 3.59. The molecule has 0 heterocycles. The molecule has 1 aliphatic carbocycles. The number of allylic oxidation sites excluding steroid dienone is 4. The van der Waals surface area contributed by atoms with Crippen molar-refractivity contribution in [3.63, 3.8) is 0 Å². The number of halogens is 1. The number of nitriles is 1. The van der Waals surface area contributed by atoms with Crippen molar-refractivity contribution >= 4 is 11.6 Å². The predicted molar refractivity (Wildman–Crippen MR) is 75.5 cm³/mol. The molecular formula is C16H16ClN. The highest BCUT2D eigenvalue weighted by atomic mass is 35.5. The van der Waals surface area contributed by atoms with Gasteiger partial charge in [-0.1, -0.05) is 55.0 Å². The van der Waals surface area contributed by atoms with Crippen molar-refractivity contribution in [2.45, 2.75) is 25.7 Å². The van der Waals surface area contributed by atoms with Crippen molar-refractivity contribution in [2.24, 2.45) is 5.92 Å². The summed E-state index contributed by atoms with van der Waals surface area (Å²) in [4.78, 5) is 0. The molecule has 2 heteroatoms. The predicted octanol–water partition coefficient (Wildman–Crippen LogP) is 4.56. The molecule has 1 aromatic carbocycles. The maximum atomic E-state index is 9.16. The number of nitrogens with zero attached hydrogens (tertiary/aromatic N) is 1. The van der Waals surface area contributed by atoms with Crippen LogP contribution in [0.4, 0.5) is 0 Å². The van der Waals surface area contributed by atoms with E-state index >= 15 is 0 Å². The monoisotopic (exact) mass is 257 g/mol. The Morgan fingerprint density at radius 2 is 2.17 bits per heavy atom. The van der Waals surface area contributed by atoms with E-state index in [9.17, 15) is 0 Å². The molecule has 0 spiro atoms. The molecule has 0 saturated heterocycles. The Bertz CT molecular complexity index is 551. The Hall–Kier alpha value is -1.52. The summed E-state index contributed by atoms with van der Waals surface area (Å²) < 4.78 is 0. The van der Waals surface area contributed by atoms with Crippen molar-refractivity contribution in [3.05, 3.63) is 58.7 Å². The fourth-order valence-electron chi connectivity index (χ4n) is 2.56. The second-order valence-corrected chi connectivity index (χ2v) is 5.30. The summed E-state index contributed by atoms with van der Waals surface area (Å²) in [5, 5.41) is 9.90. The standard InChI is InChI=1S/C16H16ClN/c1-12-6-7-14(15(17)11-12)16(9-10-18)8-4-3-5-13(16)2/h3-8,11,13H,9H2,1-2H3. The first-order valence-corrected chi connectivity index (χ1v) is 6.47. The number of hydrogen-bond donors (Lipinski definition) is 0. The Labute approximate surface area is 113 Å². The van der Waals surface area contributed by atoms with Crippen LogP contribution in [0.5, 0.6) is 0 Å². The smallest absolute Gasteiger partial charge is 0.0634 e. The molecule has 0 saturated carbocycles. The topological polar surface area (TPSA) is 23.8 Å². The first kappa shape index (κ1) is 12.9. The van der Waals surface area contributed by atoms with Crippen molar-refractivity contribution in [2.75, 3.05) is 0 Å². The number of aryl methyl sites for hydroxylation is 1. The third kappa shape index (κ3) is 2.09. The molecule has 0 bridgehead atoms. The molecule has 2 unspecified atom stereocenters. The van der Waals surface area contributed by atoms with Crippen molar-refractivity contribution in [3.8, 4) is 6.07 Å². The average molecular weight is 258 g/mol. The lowest BCUT2D eigenvalue weighted by atomic mass is 9.67. The maximum absolute atomic E-state index is 9.16. The van der Waals surface area contributed by atoms with Gasteiger partial charge >= 0.3 is 0 Å². The minimum atomic E-state index is -0.297. The van der Waals surface area contributed by atoms with Gasteiger partial charge in [-0.05, 0) is 30.0 Å². The largest absolute Gasteiger partial charge is 0.198 e. The summed E-state index contributed by atoms with van der Waals surface area (Å²) in [6.07, 6.45) is 8.72. The van der Waals surface area contributed by atoms with E-state index in [1.54, 1.807) is 0 Å². The lowest BCUT2D eigenvalue weighted by Crippen LogP contribution is -2.32. The minimum Gasteiger partial charge on any atom is -0.198 e. The van der Waals surface area contributed by atoms with Crippen molar-refractivity contribution in [1.82, 2.24) is 0 Å². The van der Waals surface area contributed by atoms with Crippen LogP contribution in [-0.4, -0.2) is 0 Å². The van der Waals surface area contributed by atoms with Crippen molar-refractivity contribution in [1.29, 1.82) is 5.26 Å². The highest BCUT2D eigenvalue weighted by Crippen LogP contribution is 2.43. The fraction of sp³-hybridized carbons (Fsp3) is 0.312. The summed E-state index contributed by atoms with van der Waals surface area (Å²) in [5.41, 5.74) is 1.89. The molecule has 0 N–H and O–H groups in total. The van der Waals surface area contributed by atoms with Crippen LogP contribution in [0.1, 0.15) is 24.5 Å². The molecule has 1 aromatic rings. The van der Waals surface area contributed by atoms with Gasteiger partial charge in [0.25, 0.3) is 0 Å². The van der Waals surface area contributed by atoms with Crippen LogP contribution in [0.3, 0.4) is 0 Å². The molecule has 92 valence electrons. The van der Waals surface area contributed by atoms with Crippen LogP contribution in [0, 0.1) is 24.2 Å². The molecule has 0 fully saturated rings. The van der Waals surface area contributed by atoms with Crippen LogP contribution in [0.15, 0.2) is 42.5 Å². The van der Waals surface area contributed by atoms with Gasteiger partial charge < -0.3 is 0 Å². The molecular weight excluding hydrogens is 242 g/mol. The van der Waals surface area contributed by atoms with Gasteiger partial charge in [-0.3, -0.25) is 0 Å². The van der Waals surface area contributed by atoms with Gasteiger partial charge in [0.1, 0.15) is 0 Å². The lowest BCUT2D eigenvalue weighted by molar-refractivity contribution is 0.425. The third-order valence-electron chi connectivity index (χ3n) is 3.71. The van der Waals surface area contributed by atoms with Gasteiger partial charge in [0.2, 0.25) is 0 Å². The molecule has 0 aromatic heterocycles. The molecule has 2 rings (SSSR count). The van der Waals surface area contributed by atoms with Crippen molar-refractivity contribution < 1.29 is 0 Å². The highest BCUT2D eigenvalue weighted by molar-refractivity contribution is 6.31. The zero-order valence-corrected chi connectivity index (χ0v) is 11.4. The van der Waals surface area contributed by atoms with E-state index in [0.29, 0.717) is 6.42 Å². The molecule has 1 nitrogen and oxygen atoms in total. The van der Waals surface area contributed by atoms with Gasteiger partial charge in [-0.2, -0.15) is 5.26 Å². The quantitative estimate of drug-likeness (QED) is 0.762. The summed E-state index contributed by atoms with van der Waals surface area (Å²) in [7, 11) is 0. The molecule has 0 aliphatic heterocycles. The number of benzene rings is 1. The van der Waals surface area contributed by atoms with E-state index < -0.39 is 0 Å². The normalized spacial score (nSPS) is 26.0. The zero-order valence-electron chi connectivity index (χ0n) is 10.7. The van der Waals surface area contributed by atoms with E-state index in [0.717, 1.165) is 16.1 Å². The molecule has 1 aliphatic rings. The second-order valence-electron chi connectivity index (χ2n) is 4.89. The zero-order chi connectivity index (χ0) is 13.2. The average Bonchev–Trinajstić information content (AvgIpc) is 2.32. The molecule has 18 heavy (non-hydrogen) atoms. The first-order valence-electron chi connectivity index (χ1n) is 6.10. The van der Waals surface area contributed by atoms with Crippen LogP contribution in [0.25, 0.3) is 0 Å². The van der Waals surface area contributed by atoms with Gasteiger partial charge in [0.15, 0.2) is 0 Å². The molecule has 0 amide bonds. The second kappa shape index (κ2) is 5.00. The van der Waals surface area contributed by atoms with Crippen LogP contribution in [0.2, 0.25) is 5.02 Å². The van der Waals surface area contributed by atoms with E-state index in [-0.39, 0.29) is 11.3 Å². The minimum absolute atomic E-state index is 0.266. The number of rotatable bonds is 2. The van der Waals surface area contributed by atoms with E-state index in [1.807, 2.05) is 25.1 Å². The third-order valence-corrected chi connectivity index (χ3v) is 4.03. The van der Waals surface area contributed by atoms with Crippen LogP contribution in [-0.2, 0) is 5.41 Å². The lowest BCUT2D eigenvalue weighted by Gasteiger charge is -2.36.